The van der Waals surface area contributed by atoms with Crippen LogP contribution in [0.3, 0.4) is 0 Å². The van der Waals surface area contributed by atoms with Crippen molar-refractivity contribution in [2.75, 3.05) is 25.6 Å². The number of imidazole rings is 1. The Morgan fingerprint density at radius 1 is 1.06 bits per heavy atom. The average molecular weight is 972 g/mol. The standard InChI is InChI=1S/C37H48ClN9O16P2/c1-2-3-8-25(48)44-21(14-19-6-4-7-20(38)13-19)36(50)63-29-22(60-34(28(29)49)47-18-43-27-32(40)41-17-42-33(27)47)15-58-64(52,53)31-23(16-59-65(54,55)56)61-35(30(31)62-26-9-5-12-57-26)46-11-10-24(39)45-37(46)51/h2,4,6-7,10-11,13,17-18,21-23,26,28-31,34-35,37,49,51H,1,3,5,8-9,12,14-16H2,(H2,39,45)(H,44,48)(H,52,53)(H2,40,41,42)(H2,54,55,56)/t21?,22-,23-,26?,28-,29-,30-,31-,34-,35-,37?/m1/s1. The number of phosphoric ester groups is 1. The highest BCUT2D eigenvalue weighted by atomic mass is 35.5. The minimum Gasteiger partial charge on any atom is -0.455 e. The highest BCUT2D eigenvalue weighted by molar-refractivity contribution is 7.53. The Labute approximate surface area is 375 Å². The monoisotopic (exact) mass is 971 g/mol. The maximum atomic E-state index is 14.7. The fraction of sp³-hybridized carbons (Fsp3) is 0.514. The number of phosphoric acid groups is 1. The van der Waals surface area contributed by atoms with Gasteiger partial charge < -0.3 is 74.8 Å². The zero-order valence-corrected chi connectivity index (χ0v) is 36.8. The third-order valence-electron chi connectivity index (χ3n) is 10.7. The lowest BCUT2D eigenvalue weighted by atomic mass is 10.0. The number of allylic oxidation sites excluding steroid dienone is 1. The molecule has 1 amide bonds. The maximum absolute atomic E-state index is 14.7. The number of nitrogens with zero attached hydrogens (tertiary/aromatic N) is 6. The molecule has 0 saturated carbocycles. The van der Waals surface area contributed by atoms with Gasteiger partial charge in [-0.1, -0.05) is 29.8 Å². The summed E-state index contributed by atoms with van der Waals surface area (Å²) >= 11 is 6.21. The number of anilines is 1. The Morgan fingerprint density at radius 2 is 1.83 bits per heavy atom. The van der Waals surface area contributed by atoms with Crippen LogP contribution in [0.4, 0.5) is 5.82 Å². The Morgan fingerprint density at radius 3 is 2.54 bits per heavy atom. The molecule has 3 aromatic rings. The van der Waals surface area contributed by atoms with Crippen molar-refractivity contribution in [1.29, 1.82) is 0 Å². The van der Waals surface area contributed by atoms with Crippen LogP contribution in [0.2, 0.25) is 5.02 Å². The summed E-state index contributed by atoms with van der Waals surface area (Å²) in [4.78, 5) is 75.6. The number of aliphatic hydroxyl groups excluding tert-OH is 2. The highest BCUT2D eigenvalue weighted by Gasteiger charge is 2.59. The first-order valence-electron chi connectivity index (χ1n) is 20.1. The van der Waals surface area contributed by atoms with Crippen LogP contribution in [0, 0.1) is 0 Å². The SMILES string of the molecule is C=CCCC(=O)NC(Cc1cccc(Cl)c1)C(=O)O[C@H]1[C@@H](O)[C@H](n2cnc3c(N)ncnc32)O[C@@H]1COP(=O)(O)[C@H]1[C@@H](OC2CCCO2)[C@H](N2C=CC(N)=NC2O)O[C@@H]1COP(=O)(O)O. The van der Waals surface area contributed by atoms with Gasteiger partial charge in [-0.15, -0.1) is 6.58 Å². The van der Waals surface area contributed by atoms with Crippen molar-refractivity contribution in [3.05, 3.63) is 72.4 Å². The second kappa shape index (κ2) is 20.6. The van der Waals surface area contributed by atoms with E-state index in [2.05, 4.69) is 31.8 Å². The third kappa shape index (κ3) is 11.6. The van der Waals surface area contributed by atoms with Crippen LogP contribution in [0.1, 0.15) is 37.5 Å². The van der Waals surface area contributed by atoms with Gasteiger partial charge in [-0.05, 0) is 36.6 Å². The number of amidine groups is 1. The van der Waals surface area contributed by atoms with Crippen LogP contribution in [0.15, 0.2) is 66.8 Å². The Bertz CT molecular complexity index is 2370. The Hall–Kier alpha value is -4.43. The van der Waals surface area contributed by atoms with E-state index < -0.39 is 108 Å². The summed E-state index contributed by atoms with van der Waals surface area (Å²) in [7, 11) is -10.4. The molecular formula is C37H48ClN9O16P2. The smallest absolute Gasteiger partial charge is 0.455 e. The Kier molecular flexibility index (Phi) is 15.4. The van der Waals surface area contributed by atoms with E-state index in [4.69, 9.17) is 55.8 Å². The van der Waals surface area contributed by atoms with Crippen LogP contribution < -0.4 is 16.8 Å². The zero-order valence-electron chi connectivity index (χ0n) is 34.2. The summed E-state index contributed by atoms with van der Waals surface area (Å²) in [5.41, 5.74) is 10.7. The van der Waals surface area contributed by atoms with Gasteiger partial charge in [0.05, 0.1) is 19.5 Å². The molecule has 4 unspecified atom stereocenters. The van der Waals surface area contributed by atoms with Crippen LogP contribution in [0.25, 0.3) is 11.2 Å². The number of hydrogen-bond donors (Lipinski definition) is 8. The van der Waals surface area contributed by atoms with E-state index in [1.165, 1.54) is 29.2 Å². The van der Waals surface area contributed by atoms with Crippen molar-refractivity contribution in [2.24, 2.45) is 10.7 Å². The van der Waals surface area contributed by atoms with E-state index in [0.29, 0.717) is 29.8 Å². The number of carbonyl (C=O) groups excluding carboxylic acids is 2. The number of fused-ring (bicyclic) bond motifs is 1. The zero-order chi connectivity index (χ0) is 46.6. The largest absolute Gasteiger partial charge is 0.469 e. The van der Waals surface area contributed by atoms with Crippen molar-refractivity contribution in [3.8, 4) is 0 Å². The molecular weight excluding hydrogens is 924 g/mol. The number of aliphatic hydroxyl groups is 2. The van der Waals surface area contributed by atoms with Crippen molar-refractivity contribution in [3.63, 3.8) is 0 Å². The number of nitrogen functional groups attached to an aromatic ring is 1. The first-order chi connectivity index (χ1) is 30.9. The molecule has 12 atom stereocenters. The van der Waals surface area contributed by atoms with E-state index in [0.717, 1.165) is 11.2 Å². The van der Waals surface area contributed by atoms with Gasteiger partial charge in [0.2, 0.25) is 12.3 Å². The van der Waals surface area contributed by atoms with E-state index in [1.807, 2.05) is 0 Å². The second-order valence-corrected chi connectivity index (χ2v) is 18.9. The molecule has 7 rings (SSSR count). The fourth-order valence-corrected chi connectivity index (χ4v) is 9.95. The lowest BCUT2D eigenvalue weighted by molar-refractivity contribution is -0.192. The summed E-state index contributed by atoms with van der Waals surface area (Å²) < 4.78 is 68.5. The minimum atomic E-state index is -5.24. The minimum absolute atomic E-state index is 0.00153. The van der Waals surface area contributed by atoms with Gasteiger partial charge in [-0.3, -0.25) is 18.5 Å². The van der Waals surface area contributed by atoms with Crippen molar-refractivity contribution >= 4 is 61.7 Å². The number of nitrogens with two attached hydrogens (primary N) is 2. The highest BCUT2D eigenvalue weighted by Crippen LogP contribution is 2.57. The molecule has 4 aliphatic rings. The number of nitrogens with one attached hydrogen (secondary N) is 1. The van der Waals surface area contributed by atoms with Gasteiger partial charge in [0, 0.05) is 37.1 Å². The first kappa shape index (κ1) is 48.5. The molecule has 3 saturated heterocycles. The predicted molar refractivity (Wildman–Crippen MR) is 225 cm³/mol. The number of amides is 1. The van der Waals surface area contributed by atoms with Crippen LogP contribution in [-0.2, 0) is 57.9 Å². The van der Waals surface area contributed by atoms with Crippen LogP contribution >= 0.6 is 27.0 Å². The van der Waals surface area contributed by atoms with Crippen LogP contribution in [0.5, 0.6) is 0 Å². The molecule has 65 heavy (non-hydrogen) atoms. The number of ether oxygens (including phenoxy) is 5. The molecule has 3 fully saturated rings. The number of esters is 1. The van der Waals surface area contributed by atoms with Crippen LogP contribution in [-0.4, -0.2) is 148 Å². The molecule has 0 bridgehead atoms. The molecule has 6 heterocycles. The molecule has 2 aromatic heterocycles. The molecule has 4 aliphatic heterocycles. The van der Waals surface area contributed by atoms with E-state index in [9.17, 15) is 43.6 Å². The summed E-state index contributed by atoms with van der Waals surface area (Å²) in [6.07, 6.45) is -6.25. The fourth-order valence-electron chi connectivity index (χ4n) is 7.70. The number of hydrogen-bond acceptors (Lipinski definition) is 20. The molecule has 25 nitrogen and oxygen atoms in total. The number of aliphatic imine (C=N–C) groups is 1. The lowest BCUT2D eigenvalue weighted by Crippen LogP contribution is -2.50. The third-order valence-corrected chi connectivity index (χ3v) is 13.3. The Balaban J connectivity index is 1.20. The van der Waals surface area contributed by atoms with Gasteiger partial charge in [0.1, 0.15) is 53.8 Å². The molecule has 10 N–H and O–H groups in total. The van der Waals surface area contributed by atoms with Gasteiger partial charge >= 0.3 is 21.4 Å². The first-order valence-corrected chi connectivity index (χ1v) is 23.7. The maximum Gasteiger partial charge on any atom is 0.469 e. The molecule has 0 spiro atoms. The number of halogens is 1. The van der Waals surface area contributed by atoms with Crippen molar-refractivity contribution in [2.45, 2.75) is 99.4 Å². The number of benzene rings is 1. The normalized spacial score (nSPS) is 29.4. The molecule has 0 aliphatic carbocycles. The van der Waals surface area contributed by atoms with Gasteiger partial charge in [0.25, 0.3) is 0 Å². The predicted octanol–water partition coefficient (Wildman–Crippen LogP) is 0.315. The summed E-state index contributed by atoms with van der Waals surface area (Å²) in [5, 5.41) is 25.8. The average Bonchev–Trinajstić information content (AvgIpc) is 4.05. The molecule has 1 aromatic carbocycles. The summed E-state index contributed by atoms with van der Waals surface area (Å²) in [6.45, 7) is 2.03. The molecule has 354 valence electrons. The summed E-state index contributed by atoms with van der Waals surface area (Å²) in [6, 6.07) is 5.19. The number of carbonyl (C=O) groups is 2. The van der Waals surface area contributed by atoms with E-state index in [-0.39, 0.29) is 42.3 Å². The lowest BCUT2D eigenvalue weighted by Gasteiger charge is -2.36. The van der Waals surface area contributed by atoms with E-state index >= 15 is 0 Å². The summed E-state index contributed by atoms with van der Waals surface area (Å²) in [5.74, 6) is -1.61. The van der Waals surface area contributed by atoms with Gasteiger partial charge in [-0.2, -0.15) is 0 Å². The number of aromatic nitrogens is 4. The van der Waals surface area contributed by atoms with E-state index in [1.54, 1.807) is 24.3 Å². The quantitative estimate of drug-likeness (QED) is 0.0455. The van der Waals surface area contributed by atoms with Crippen molar-refractivity contribution in [1.82, 2.24) is 29.7 Å². The van der Waals surface area contributed by atoms with Crippen molar-refractivity contribution < 1.29 is 76.3 Å². The van der Waals surface area contributed by atoms with Gasteiger partial charge in [0.15, 0.2) is 36.3 Å². The topological polar surface area (TPSA) is 357 Å². The molecule has 0 radical (unpaired) electrons. The second-order valence-electron chi connectivity index (χ2n) is 15.2. The number of rotatable bonds is 19. The van der Waals surface area contributed by atoms with Gasteiger partial charge in [-0.25, -0.2) is 29.3 Å². The molecule has 28 heteroatoms.